The summed E-state index contributed by atoms with van der Waals surface area (Å²) in [5, 5.41) is 0. The average molecular weight is 232 g/mol. The van der Waals surface area contributed by atoms with Crippen molar-refractivity contribution in [3.8, 4) is 0 Å². The molecule has 0 atom stereocenters. The fraction of sp³-hybridized carbons (Fsp3) is 0.615. The van der Waals surface area contributed by atoms with Crippen LogP contribution in [0.1, 0.15) is 24.3 Å². The Kier molecular flexibility index (Phi) is 2.67. The number of pyridine rings is 1. The number of nitrogens with two attached hydrogens (primary N) is 1. The van der Waals surface area contributed by atoms with Gasteiger partial charge in [-0.1, -0.05) is 0 Å². The van der Waals surface area contributed by atoms with Gasteiger partial charge in [-0.15, -0.1) is 0 Å². The van der Waals surface area contributed by atoms with Crippen LogP contribution in [0.25, 0.3) is 0 Å². The van der Waals surface area contributed by atoms with Crippen LogP contribution in [0, 0.1) is 0 Å². The standard InChI is InChI=1S/C13H20N4/c1-16-4-6-17(7-5-16)13-8-11(10-2-3-10)12(14)9-15-13/h8-10H,2-7,14H2,1H3. The molecule has 1 aliphatic carbocycles. The second kappa shape index (κ2) is 4.18. The summed E-state index contributed by atoms with van der Waals surface area (Å²) in [5.74, 6) is 1.80. The number of nitrogens with zero attached hydrogens (tertiary/aromatic N) is 3. The van der Waals surface area contributed by atoms with Crippen molar-refractivity contribution in [2.24, 2.45) is 0 Å². The molecule has 0 unspecified atom stereocenters. The second-order valence-corrected chi connectivity index (χ2v) is 5.24. The number of likely N-dealkylation sites (N-methyl/N-ethyl adjacent to an activating group) is 1. The van der Waals surface area contributed by atoms with E-state index < -0.39 is 0 Å². The van der Waals surface area contributed by atoms with Gasteiger partial charge in [-0.2, -0.15) is 0 Å². The molecule has 92 valence electrons. The lowest BCUT2D eigenvalue weighted by molar-refractivity contribution is 0.312. The van der Waals surface area contributed by atoms with Crippen LogP contribution in [0.4, 0.5) is 11.5 Å². The quantitative estimate of drug-likeness (QED) is 0.834. The van der Waals surface area contributed by atoms with E-state index in [4.69, 9.17) is 5.73 Å². The van der Waals surface area contributed by atoms with Crippen LogP contribution in [0.5, 0.6) is 0 Å². The van der Waals surface area contributed by atoms with Crippen molar-refractivity contribution in [1.29, 1.82) is 0 Å². The summed E-state index contributed by atoms with van der Waals surface area (Å²) in [6, 6.07) is 2.21. The molecule has 2 fully saturated rings. The van der Waals surface area contributed by atoms with Crippen molar-refractivity contribution in [3.63, 3.8) is 0 Å². The molecule has 1 saturated carbocycles. The highest BCUT2D eigenvalue weighted by Crippen LogP contribution is 2.43. The zero-order chi connectivity index (χ0) is 11.8. The van der Waals surface area contributed by atoms with Gasteiger partial charge in [-0.3, -0.25) is 0 Å². The summed E-state index contributed by atoms with van der Waals surface area (Å²) in [6.45, 7) is 4.37. The molecule has 17 heavy (non-hydrogen) atoms. The smallest absolute Gasteiger partial charge is 0.129 e. The first-order valence-corrected chi connectivity index (χ1v) is 6.43. The molecule has 4 heteroatoms. The van der Waals surface area contributed by atoms with Gasteiger partial charge in [0.1, 0.15) is 5.82 Å². The molecule has 2 aliphatic rings. The summed E-state index contributed by atoms with van der Waals surface area (Å²) in [7, 11) is 2.17. The zero-order valence-corrected chi connectivity index (χ0v) is 10.4. The maximum Gasteiger partial charge on any atom is 0.129 e. The summed E-state index contributed by atoms with van der Waals surface area (Å²) in [5.41, 5.74) is 8.17. The largest absolute Gasteiger partial charge is 0.397 e. The van der Waals surface area contributed by atoms with Crippen LogP contribution in [-0.2, 0) is 0 Å². The van der Waals surface area contributed by atoms with Gasteiger partial charge in [0.05, 0.1) is 11.9 Å². The van der Waals surface area contributed by atoms with Crippen molar-refractivity contribution >= 4 is 11.5 Å². The summed E-state index contributed by atoms with van der Waals surface area (Å²) >= 11 is 0. The van der Waals surface area contributed by atoms with E-state index in [-0.39, 0.29) is 0 Å². The first kappa shape index (κ1) is 10.8. The number of hydrogen-bond donors (Lipinski definition) is 1. The molecule has 0 amide bonds. The number of aromatic nitrogens is 1. The third kappa shape index (κ3) is 2.22. The molecular formula is C13H20N4. The predicted octanol–water partition coefficient (Wildman–Crippen LogP) is 1.29. The lowest BCUT2D eigenvalue weighted by atomic mass is 10.1. The van der Waals surface area contributed by atoms with Gasteiger partial charge in [0.15, 0.2) is 0 Å². The van der Waals surface area contributed by atoms with Crippen molar-refractivity contribution in [1.82, 2.24) is 9.88 Å². The molecule has 1 aliphatic heterocycles. The Balaban J connectivity index is 1.80. The van der Waals surface area contributed by atoms with E-state index in [2.05, 4.69) is 27.9 Å². The number of anilines is 2. The van der Waals surface area contributed by atoms with Crippen molar-refractivity contribution < 1.29 is 0 Å². The molecule has 1 saturated heterocycles. The molecule has 0 spiro atoms. The minimum absolute atomic E-state index is 0.698. The Morgan fingerprint density at radius 3 is 2.59 bits per heavy atom. The highest BCUT2D eigenvalue weighted by atomic mass is 15.3. The van der Waals surface area contributed by atoms with E-state index in [9.17, 15) is 0 Å². The minimum atomic E-state index is 0.698. The van der Waals surface area contributed by atoms with Crippen molar-refractivity contribution in [3.05, 3.63) is 17.8 Å². The number of nitrogen functional groups attached to an aromatic ring is 1. The Morgan fingerprint density at radius 1 is 1.24 bits per heavy atom. The van der Waals surface area contributed by atoms with Gasteiger partial charge < -0.3 is 15.5 Å². The maximum absolute atomic E-state index is 5.99. The van der Waals surface area contributed by atoms with Crippen LogP contribution >= 0.6 is 0 Å². The Bertz CT molecular complexity index is 406. The van der Waals surface area contributed by atoms with Gasteiger partial charge in [-0.25, -0.2) is 4.98 Å². The fourth-order valence-electron chi connectivity index (χ4n) is 2.43. The Hall–Kier alpha value is -1.29. The van der Waals surface area contributed by atoms with E-state index in [0.29, 0.717) is 5.92 Å². The van der Waals surface area contributed by atoms with Crippen molar-refractivity contribution in [2.75, 3.05) is 43.9 Å². The highest BCUT2D eigenvalue weighted by Gasteiger charge is 2.27. The van der Waals surface area contributed by atoms with Crippen LogP contribution < -0.4 is 10.6 Å². The molecule has 1 aromatic rings. The molecule has 4 nitrogen and oxygen atoms in total. The molecule has 2 heterocycles. The Labute approximate surface area is 102 Å². The van der Waals surface area contributed by atoms with E-state index in [0.717, 1.165) is 37.7 Å². The van der Waals surface area contributed by atoms with Gasteiger partial charge in [0, 0.05) is 26.2 Å². The first-order valence-electron chi connectivity index (χ1n) is 6.43. The normalized spacial score (nSPS) is 21.8. The molecule has 2 N–H and O–H groups in total. The van der Waals surface area contributed by atoms with Gasteiger partial charge in [0.25, 0.3) is 0 Å². The number of hydrogen-bond acceptors (Lipinski definition) is 4. The van der Waals surface area contributed by atoms with Crippen molar-refractivity contribution in [2.45, 2.75) is 18.8 Å². The fourth-order valence-corrected chi connectivity index (χ4v) is 2.43. The average Bonchev–Trinajstić information content (AvgIpc) is 3.15. The van der Waals surface area contributed by atoms with Gasteiger partial charge in [0.2, 0.25) is 0 Å². The maximum atomic E-state index is 5.99. The number of piperazine rings is 1. The van der Waals surface area contributed by atoms with Gasteiger partial charge >= 0.3 is 0 Å². The lowest BCUT2D eigenvalue weighted by Crippen LogP contribution is -2.44. The van der Waals surface area contributed by atoms with Crippen LogP contribution in [0.3, 0.4) is 0 Å². The minimum Gasteiger partial charge on any atom is -0.397 e. The van der Waals surface area contributed by atoms with Crippen LogP contribution in [-0.4, -0.2) is 43.1 Å². The van der Waals surface area contributed by atoms with Crippen LogP contribution in [0.2, 0.25) is 0 Å². The van der Waals surface area contributed by atoms with Crippen LogP contribution in [0.15, 0.2) is 12.3 Å². The summed E-state index contributed by atoms with van der Waals surface area (Å²) in [4.78, 5) is 9.20. The molecule has 3 rings (SSSR count). The molecule has 0 aromatic carbocycles. The predicted molar refractivity (Wildman–Crippen MR) is 70.3 cm³/mol. The topological polar surface area (TPSA) is 45.4 Å². The monoisotopic (exact) mass is 232 g/mol. The zero-order valence-electron chi connectivity index (χ0n) is 10.4. The third-order valence-electron chi connectivity index (χ3n) is 3.80. The molecule has 1 aromatic heterocycles. The molecule has 0 radical (unpaired) electrons. The second-order valence-electron chi connectivity index (χ2n) is 5.24. The summed E-state index contributed by atoms with van der Waals surface area (Å²) < 4.78 is 0. The Morgan fingerprint density at radius 2 is 1.94 bits per heavy atom. The number of rotatable bonds is 2. The SMILES string of the molecule is CN1CCN(c2cc(C3CC3)c(N)cn2)CC1. The third-order valence-corrected chi connectivity index (χ3v) is 3.80. The molecule has 0 bridgehead atoms. The summed E-state index contributed by atoms with van der Waals surface area (Å²) in [6.07, 6.45) is 4.41. The van der Waals surface area contributed by atoms with E-state index in [1.54, 1.807) is 0 Å². The highest BCUT2D eigenvalue weighted by molar-refractivity contribution is 5.55. The lowest BCUT2D eigenvalue weighted by Gasteiger charge is -2.33. The van der Waals surface area contributed by atoms with E-state index in [1.807, 2.05) is 6.20 Å². The molecular weight excluding hydrogens is 212 g/mol. The van der Waals surface area contributed by atoms with Gasteiger partial charge in [-0.05, 0) is 37.4 Å². The first-order chi connectivity index (χ1) is 8.24. The van der Waals surface area contributed by atoms with E-state index in [1.165, 1.54) is 18.4 Å². The van der Waals surface area contributed by atoms with E-state index >= 15 is 0 Å².